The Kier molecular flexibility index (Phi) is 5.58. The van der Waals surface area contributed by atoms with Crippen LogP contribution in [-0.4, -0.2) is 53.4 Å². The van der Waals surface area contributed by atoms with Crippen molar-refractivity contribution in [1.29, 1.82) is 0 Å². The lowest BCUT2D eigenvalue weighted by Crippen LogP contribution is -2.44. The molecule has 0 saturated heterocycles. The van der Waals surface area contributed by atoms with Gasteiger partial charge in [0.05, 0.1) is 12.6 Å². The number of hydrogen-bond acceptors (Lipinski definition) is 4. The van der Waals surface area contributed by atoms with E-state index in [0.29, 0.717) is 0 Å². The number of rotatable bonds is 5. The molecule has 82 valence electrons. The van der Waals surface area contributed by atoms with E-state index in [1.807, 2.05) is 5.48 Å². The molecule has 0 bridgehead atoms. The average Bonchev–Trinajstić information content (AvgIpc) is 2.14. The molecule has 0 radical (unpaired) electrons. The number of aliphatic hydroxyl groups excluding tert-OH is 1. The van der Waals surface area contributed by atoms with E-state index in [1.54, 1.807) is 6.92 Å². The first-order chi connectivity index (χ1) is 6.49. The summed E-state index contributed by atoms with van der Waals surface area (Å²) in [6.07, 6.45) is 0. The van der Waals surface area contributed by atoms with E-state index in [9.17, 15) is 9.59 Å². The lowest BCUT2D eigenvalue weighted by atomic mass is 10.3. The monoisotopic (exact) mass is 206 g/mol. The number of nitrogens with zero attached hydrogens (tertiary/aromatic N) is 1. The fourth-order valence-electron chi connectivity index (χ4n) is 0.554. The Morgan fingerprint density at radius 2 is 2.14 bits per heavy atom. The maximum Gasteiger partial charge on any atom is 0.341 e. The van der Waals surface area contributed by atoms with Crippen molar-refractivity contribution in [3.63, 3.8) is 0 Å². The number of carbonyl (C=O) groups is 2. The molecule has 0 aromatic carbocycles. The van der Waals surface area contributed by atoms with E-state index in [4.69, 9.17) is 10.2 Å². The van der Waals surface area contributed by atoms with Gasteiger partial charge in [0.25, 0.3) is 0 Å². The highest BCUT2D eigenvalue weighted by Gasteiger charge is 2.14. The van der Waals surface area contributed by atoms with Crippen LogP contribution < -0.4 is 5.48 Å². The third-order valence-corrected chi connectivity index (χ3v) is 1.60. The number of carboxylic acids is 1. The van der Waals surface area contributed by atoms with E-state index in [1.165, 1.54) is 11.9 Å². The summed E-state index contributed by atoms with van der Waals surface area (Å²) in [6.45, 7) is 0.854. The summed E-state index contributed by atoms with van der Waals surface area (Å²) in [7, 11) is 1.46. The number of carbonyl (C=O) groups excluding carboxylic acids is 1. The highest BCUT2D eigenvalue weighted by Crippen LogP contribution is 1.93. The van der Waals surface area contributed by atoms with Gasteiger partial charge in [0.15, 0.2) is 6.61 Å². The van der Waals surface area contributed by atoms with Crippen LogP contribution in [0.5, 0.6) is 0 Å². The Morgan fingerprint density at radius 3 is 2.57 bits per heavy atom. The zero-order chi connectivity index (χ0) is 11.1. The Labute approximate surface area is 81.2 Å². The second-order valence-electron chi connectivity index (χ2n) is 2.73. The summed E-state index contributed by atoms with van der Waals surface area (Å²) in [4.78, 5) is 26.7. The molecule has 0 rings (SSSR count). The predicted molar refractivity (Wildman–Crippen MR) is 46.4 cm³/mol. The summed E-state index contributed by atoms with van der Waals surface area (Å²) >= 11 is 0. The lowest BCUT2D eigenvalue weighted by Gasteiger charge is -2.22. The Morgan fingerprint density at radius 1 is 1.57 bits per heavy atom. The maximum absolute atomic E-state index is 11.1. The number of hydrogen-bond donors (Lipinski definition) is 3. The van der Waals surface area contributed by atoms with Crippen LogP contribution >= 0.6 is 0 Å². The number of hydroxylamine groups is 1. The first-order valence-corrected chi connectivity index (χ1v) is 3.96. The van der Waals surface area contributed by atoms with Crippen LogP contribution in [0.4, 0.5) is 4.79 Å². The van der Waals surface area contributed by atoms with Gasteiger partial charge in [0, 0.05) is 7.05 Å². The third kappa shape index (κ3) is 4.63. The first kappa shape index (κ1) is 12.7. The molecule has 7 nitrogen and oxygen atoms in total. The molecule has 0 fully saturated rings. The second-order valence-corrected chi connectivity index (χ2v) is 2.73. The standard InChI is InChI=1S/C7H14N2O5/c1-5(3-10)9(2)7(13)8-14-4-6(11)12/h5,10H,3-4H2,1-2H3,(H,8,13)(H,11,12). The smallest absolute Gasteiger partial charge is 0.341 e. The molecule has 7 heteroatoms. The van der Waals surface area contributed by atoms with Crippen molar-refractivity contribution >= 4 is 12.0 Å². The Balaban J connectivity index is 3.78. The molecule has 14 heavy (non-hydrogen) atoms. The number of carboxylic acid groups (broad SMARTS) is 1. The highest BCUT2D eigenvalue weighted by molar-refractivity contribution is 5.73. The zero-order valence-corrected chi connectivity index (χ0v) is 8.06. The van der Waals surface area contributed by atoms with Gasteiger partial charge < -0.3 is 15.1 Å². The van der Waals surface area contributed by atoms with Crippen molar-refractivity contribution in [3.8, 4) is 0 Å². The highest BCUT2D eigenvalue weighted by atomic mass is 16.7. The second kappa shape index (κ2) is 6.17. The van der Waals surface area contributed by atoms with Gasteiger partial charge in [-0.1, -0.05) is 0 Å². The van der Waals surface area contributed by atoms with Crippen molar-refractivity contribution in [2.75, 3.05) is 20.3 Å². The third-order valence-electron chi connectivity index (χ3n) is 1.60. The largest absolute Gasteiger partial charge is 0.479 e. The van der Waals surface area contributed by atoms with E-state index >= 15 is 0 Å². The minimum Gasteiger partial charge on any atom is -0.479 e. The number of aliphatic hydroxyl groups is 1. The first-order valence-electron chi connectivity index (χ1n) is 3.96. The molecule has 0 spiro atoms. The minimum absolute atomic E-state index is 0.178. The molecule has 0 aromatic heterocycles. The van der Waals surface area contributed by atoms with Crippen LogP contribution in [0.25, 0.3) is 0 Å². The van der Waals surface area contributed by atoms with Crippen molar-refractivity contribution in [2.45, 2.75) is 13.0 Å². The fourth-order valence-corrected chi connectivity index (χ4v) is 0.554. The molecule has 2 amide bonds. The SMILES string of the molecule is CC(CO)N(C)C(=O)NOCC(=O)O. The average molecular weight is 206 g/mol. The number of nitrogens with one attached hydrogen (secondary N) is 1. The minimum atomic E-state index is -1.18. The van der Waals surface area contributed by atoms with E-state index < -0.39 is 18.6 Å². The molecular weight excluding hydrogens is 192 g/mol. The molecule has 0 saturated carbocycles. The van der Waals surface area contributed by atoms with Gasteiger partial charge in [-0.25, -0.2) is 15.1 Å². The van der Waals surface area contributed by atoms with Gasteiger partial charge in [-0.15, -0.1) is 0 Å². The van der Waals surface area contributed by atoms with Gasteiger partial charge in [-0.3, -0.25) is 4.84 Å². The summed E-state index contributed by atoms with van der Waals surface area (Å²) in [5, 5.41) is 16.9. The normalized spacial score (nSPS) is 11.9. The van der Waals surface area contributed by atoms with Crippen molar-refractivity contribution in [2.24, 2.45) is 0 Å². The Hall–Kier alpha value is -1.34. The summed E-state index contributed by atoms with van der Waals surface area (Å²) in [5.74, 6) is -1.18. The molecular formula is C7H14N2O5. The van der Waals surface area contributed by atoms with Gasteiger partial charge in [0.1, 0.15) is 0 Å². The molecule has 1 unspecified atom stereocenters. The number of urea groups is 1. The lowest BCUT2D eigenvalue weighted by molar-refractivity contribution is -0.144. The van der Waals surface area contributed by atoms with Gasteiger partial charge in [-0.2, -0.15) is 0 Å². The number of likely N-dealkylation sites (N-methyl/N-ethyl adjacent to an activating group) is 1. The van der Waals surface area contributed by atoms with Crippen molar-refractivity contribution < 1.29 is 24.6 Å². The van der Waals surface area contributed by atoms with Crippen molar-refractivity contribution in [1.82, 2.24) is 10.4 Å². The summed E-state index contributed by atoms with van der Waals surface area (Å²) in [6, 6.07) is -0.962. The zero-order valence-electron chi connectivity index (χ0n) is 8.06. The van der Waals surface area contributed by atoms with Crippen molar-refractivity contribution in [3.05, 3.63) is 0 Å². The van der Waals surface area contributed by atoms with Crippen LogP contribution in [0.1, 0.15) is 6.92 Å². The molecule has 0 aliphatic heterocycles. The van der Waals surface area contributed by atoms with Crippen LogP contribution in [0.2, 0.25) is 0 Å². The molecule has 0 aromatic rings. The molecule has 0 aliphatic rings. The maximum atomic E-state index is 11.1. The molecule has 0 aliphatic carbocycles. The predicted octanol–water partition coefficient (Wildman–Crippen LogP) is -0.975. The topological polar surface area (TPSA) is 99.1 Å². The molecule has 1 atom stereocenters. The van der Waals surface area contributed by atoms with Gasteiger partial charge in [-0.05, 0) is 6.92 Å². The van der Waals surface area contributed by atoms with E-state index in [2.05, 4.69) is 4.84 Å². The summed E-state index contributed by atoms with van der Waals surface area (Å²) in [5.41, 5.74) is 1.92. The number of amides is 2. The van der Waals surface area contributed by atoms with Gasteiger partial charge >= 0.3 is 12.0 Å². The molecule has 0 heterocycles. The van der Waals surface area contributed by atoms with Crippen LogP contribution in [0.15, 0.2) is 0 Å². The van der Waals surface area contributed by atoms with E-state index in [0.717, 1.165) is 0 Å². The quantitative estimate of drug-likeness (QED) is 0.502. The Bertz CT molecular complexity index is 208. The van der Waals surface area contributed by atoms with Crippen LogP contribution in [-0.2, 0) is 9.63 Å². The van der Waals surface area contributed by atoms with Gasteiger partial charge in [0.2, 0.25) is 0 Å². The fraction of sp³-hybridized carbons (Fsp3) is 0.714. The van der Waals surface area contributed by atoms with Crippen LogP contribution in [0.3, 0.4) is 0 Å². The van der Waals surface area contributed by atoms with Crippen LogP contribution in [0, 0.1) is 0 Å². The number of aliphatic carboxylic acids is 1. The summed E-state index contributed by atoms with van der Waals surface area (Å²) < 4.78 is 0. The van der Waals surface area contributed by atoms with E-state index in [-0.39, 0.29) is 12.6 Å². The molecule has 3 N–H and O–H groups in total.